The smallest absolute Gasteiger partial charge is 0.277 e. The molecule has 0 aliphatic rings. The van der Waals surface area contributed by atoms with Crippen LogP contribution in [0.15, 0.2) is 48.5 Å². The summed E-state index contributed by atoms with van der Waals surface area (Å²) in [4.78, 5) is 12.8. The van der Waals surface area contributed by atoms with Crippen LogP contribution in [-0.4, -0.2) is 13.0 Å². The van der Waals surface area contributed by atoms with Crippen molar-refractivity contribution in [2.45, 2.75) is 6.54 Å². The predicted octanol–water partition coefficient (Wildman–Crippen LogP) is 4.00. The van der Waals surface area contributed by atoms with Crippen LogP contribution in [0.2, 0.25) is 5.02 Å². The summed E-state index contributed by atoms with van der Waals surface area (Å²) < 4.78 is 6.17. The molecule has 2 N–H and O–H groups in total. The lowest BCUT2D eigenvalue weighted by Gasteiger charge is -2.07. The first kappa shape index (κ1) is 15.8. The third kappa shape index (κ3) is 3.47. The van der Waals surface area contributed by atoms with Gasteiger partial charge in [-0.2, -0.15) is 0 Å². The van der Waals surface area contributed by atoms with Gasteiger partial charge in [-0.1, -0.05) is 41.9 Å². The number of hydrogen-bond donors (Lipinski definition) is 2. The molecule has 0 saturated carbocycles. The van der Waals surface area contributed by atoms with E-state index in [1.54, 1.807) is 7.11 Å². The third-order valence-electron chi connectivity index (χ3n) is 3.37. The molecule has 2 aromatic carbocycles. The molecule has 0 spiro atoms. The third-order valence-corrected chi connectivity index (χ3v) is 5.04. The number of hydrogen-bond acceptors (Lipinski definition) is 4. The highest BCUT2D eigenvalue weighted by atomic mass is 35.5. The lowest BCUT2D eigenvalue weighted by molar-refractivity contribution is 0.0936. The maximum absolute atomic E-state index is 12.3. The van der Waals surface area contributed by atoms with E-state index >= 15 is 0 Å². The largest absolute Gasteiger partial charge is 0.497 e. The molecular formula is C17H15ClN2O2S. The normalized spacial score (nSPS) is 10.7. The first-order valence-corrected chi connectivity index (χ1v) is 8.21. The van der Waals surface area contributed by atoms with Gasteiger partial charge in [0.25, 0.3) is 5.91 Å². The average molecular weight is 347 g/mol. The molecule has 4 nitrogen and oxygen atoms in total. The van der Waals surface area contributed by atoms with Crippen LogP contribution in [0.5, 0.6) is 5.75 Å². The Labute approximate surface area is 143 Å². The number of halogens is 1. The lowest BCUT2D eigenvalue weighted by atomic mass is 10.2. The first-order chi connectivity index (χ1) is 11.2. The highest BCUT2D eigenvalue weighted by molar-refractivity contribution is 7.21. The topological polar surface area (TPSA) is 50.4 Å². The minimum atomic E-state index is -0.237. The van der Waals surface area contributed by atoms with Crippen molar-refractivity contribution >= 4 is 38.9 Å². The van der Waals surface area contributed by atoms with Crippen molar-refractivity contribution in [1.82, 2.24) is 10.9 Å². The van der Waals surface area contributed by atoms with E-state index in [1.807, 2.05) is 48.5 Å². The second-order valence-corrected chi connectivity index (χ2v) is 6.33. The van der Waals surface area contributed by atoms with Crippen LogP contribution in [0.25, 0.3) is 10.1 Å². The van der Waals surface area contributed by atoms with Crippen LogP contribution in [-0.2, 0) is 6.54 Å². The zero-order valence-corrected chi connectivity index (χ0v) is 14.0. The van der Waals surface area contributed by atoms with Gasteiger partial charge in [-0.05, 0) is 23.8 Å². The molecule has 3 rings (SSSR count). The minimum absolute atomic E-state index is 0.237. The number of ether oxygens (including phenoxy) is 1. The van der Waals surface area contributed by atoms with Gasteiger partial charge in [-0.3, -0.25) is 10.2 Å². The Morgan fingerprint density at radius 2 is 2.04 bits per heavy atom. The van der Waals surface area contributed by atoms with E-state index in [0.29, 0.717) is 16.4 Å². The van der Waals surface area contributed by atoms with Crippen molar-refractivity contribution in [3.05, 3.63) is 64.0 Å². The number of hydrazine groups is 1. The molecule has 0 fully saturated rings. The number of benzene rings is 2. The van der Waals surface area contributed by atoms with Crippen molar-refractivity contribution in [3.8, 4) is 5.75 Å². The van der Waals surface area contributed by atoms with Gasteiger partial charge in [-0.25, -0.2) is 5.43 Å². The Morgan fingerprint density at radius 1 is 1.22 bits per heavy atom. The van der Waals surface area contributed by atoms with Gasteiger partial charge in [0.15, 0.2) is 0 Å². The van der Waals surface area contributed by atoms with E-state index in [1.165, 1.54) is 11.3 Å². The summed E-state index contributed by atoms with van der Waals surface area (Å²) in [5.74, 6) is 0.544. The maximum atomic E-state index is 12.3. The van der Waals surface area contributed by atoms with Crippen LogP contribution in [0.4, 0.5) is 0 Å². The Balaban J connectivity index is 1.65. The molecule has 23 heavy (non-hydrogen) atoms. The SMILES string of the molecule is COc1cccc(CNNC(=O)c2sc3ccccc3c2Cl)c1. The number of nitrogens with one attached hydrogen (secondary N) is 2. The zero-order chi connectivity index (χ0) is 16.2. The van der Waals surface area contributed by atoms with Crippen molar-refractivity contribution in [2.75, 3.05) is 7.11 Å². The van der Waals surface area contributed by atoms with E-state index < -0.39 is 0 Å². The fraction of sp³-hybridized carbons (Fsp3) is 0.118. The quantitative estimate of drug-likeness (QED) is 0.686. The monoisotopic (exact) mass is 346 g/mol. The molecule has 0 atom stereocenters. The second kappa shape index (κ2) is 7.00. The molecule has 0 radical (unpaired) electrons. The standard InChI is InChI=1S/C17H15ClN2O2S/c1-22-12-6-4-5-11(9-12)10-19-20-17(21)16-15(18)13-7-2-3-8-14(13)23-16/h2-9,19H,10H2,1H3,(H,20,21). The van der Waals surface area contributed by atoms with Crippen LogP contribution < -0.4 is 15.6 Å². The summed E-state index contributed by atoms with van der Waals surface area (Å²) in [5.41, 5.74) is 6.61. The minimum Gasteiger partial charge on any atom is -0.497 e. The molecule has 6 heteroatoms. The van der Waals surface area contributed by atoms with Crippen LogP contribution in [0, 0.1) is 0 Å². The number of amides is 1. The lowest BCUT2D eigenvalue weighted by Crippen LogP contribution is -2.36. The second-order valence-electron chi connectivity index (χ2n) is 4.90. The molecule has 0 saturated heterocycles. The molecule has 1 amide bonds. The average Bonchev–Trinajstić information content (AvgIpc) is 2.92. The summed E-state index contributed by atoms with van der Waals surface area (Å²) in [6.07, 6.45) is 0. The first-order valence-electron chi connectivity index (χ1n) is 7.02. The fourth-order valence-electron chi connectivity index (χ4n) is 2.23. The molecule has 1 aromatic heterocycles. The van der Waals surface area contributed by atoms with Gasteiger partial charge in [0.1, 0.15) is 10.6 Å². The van der Waals surface area contributed by atoms with E-state index in [9.17, 15) is 4.79 Å². The Hall–Kier alpha value is -2.08. The van der Waals surface area contributed by atoms with Gasteiger partial charge < -0.3 is 4.74 Å². The summed E-state index contributed by atoms with van der Waals surface area (Å²) in [7, 11) is 1.62. The Kier molecular flexibility index (Phi) is 4.81. The van der Waals surface area contributed by atoms with E-state index in [2.05, 4.69) is 10.9 Å². The molecule has 0 aliphatic heterocycles. The van der Waals surface area contributed by atoms with Crippen LogP contribution >= 0.6 is 22.9 Å². The number of carbonyl (C=O) groups is 1. The van der Waals surface area contributed by atoms with Crippen LogP contribution in [0.1, 0.15) is 15.2 Å². The number of carbonyl (C=O) groups excluding carboxylic acids is 1. The molecule has 3 aromatic rings. The Morgan fingerprint density at radius 3 is 2.83 bits per heavy atom. The summed E-state index contributed by atoms with van der Waals surface area (Å²) in [6, 6.07) is 15.3. The zero-order valence-electron chi connectivity index (χ0n) is 12.4. The molecule has 0 aliphatic carbocycles. The van der Waals surface area contributed by atoms with Crippen LogP contribution in [0.3, 0.4) is 0 Å². The van der Waals surface area contributed by atoms with Crippen molar-refractivity contribution in [1.29, 1.82) is 0 Å². The van der Waals surface area contributed by atoms with Gasteiger partial charge in [0.05, 0.1) is 12.1 Å². The van der Waals surface area contributed by atoms with Gasteiger partial charge in [-0.15, -0.1) is 11.3 Å². The molecule has 118 valence electrons. The van der Waals surface area contributed by atoms with E-state index in [-0.39, 0.29) is 5.91 Å². The summed E-state index contributed by atoms with van der Waals surface area (Å²) in [5, 5.41) is 1.39. The fourth-order valence-corrected chi connectivity index (χ4v) is 3.64. The maximum Gasteiger partial charge on any atom is 0.277 e. The highest BCUT2D eigenvalue weighted by Gasteiger charge is 2.16. The van der Waals surface area contributed by atoms with Crippen molar-refractivity contribution < 1.29 is 9.53 Å². The molecule has 0 bridgehead atoms. The molecule has 1 heterocycles. The molecule has 0 unspecified atom stereocenters. The highest BCUT2D eigenvalue weighted by Crippen LogP contribution is 2.34. The Bertz CT molecular complexity index is 847. The number of fused-ring (bicyclic) bond motifs is 1. The van der Waals surface area contributed by atoms with E-state index in [0.717, 1.165) is 21.4 Å². The van der Waals surface area contributed by atoms with Gasteiger partial charge >= 0.3 is 0 Å². The van der Waals surface area contributed by atoms with E-state index in [4.69, 9.17) is 16.3 Å². The molecular weight excluding hydrogens is 332 g/mol. The van der Waals surface area contributed by atoms with Crippen molar-refractivity contribution in [3.63, 3.8) is 0 Å². The van der Waals surface area contributed by atoms with Crippen molar-refractivity contribution in [2.24, 2.45) is 0 Å². The summed E-state index contributed by atoms with van der Waals surface area (Å²) >= 11 is 7.67. The predicted molar refractivity (Wildman–Crippen MR) is 94.1 cm³/mol. The summed E-state index contributed by atoms with van der Waals surface area (Å²) in [6.45, 7) is 0.492. The number of rotatable bonds is 5. The van der Waals surface area contributed by atoms with Gasteiger partial charge in [0, 0.05) is 16.6 Å². The number of thiophene rings is 1. The van der Waals surface area contributed by atoms with Gasteiger partial charge in [0.2, 0.25) is 0 Å². The number of methoxy groups -OCH3 is 1.